The fraction of sp³-hybridized carbons (Fsp3) is 0.625. The first kappa shape index (κ1) is 12.0. The molecule has 1 aliphatic carbocycles. The summed E-state index contributed by atoms with van der Waals surface area (Å²) in [4.78, 5) is 0. The molecular weight excluding hydrogens is 222 g/mol. The number of phenols is 1. The molecule has 1 heterocycles. The predicted octanol–water partition coefficient (Wildman–Crippen LogP) is 3.26. The Kier molecular flexibility index (Phi) is 3.06. The van der Waals surface area contributed by atoms with Gasteiger partial charge in [-0.2, -0.15) is 0 Å². The van der Waals surface area contributed by atoms with Crippen LogP contribution in [-0.2, 0) is 18.4 Å². The van der Waals surface area contributed by atoms with E-state index in [1.165, 1.54) is 48.8 Å². The summed E-state index contributed by atoms with van der Waals surface area (Å²) in [6.45, 7) is 3.32. The molecule has 0 amide bonds. The first-order chi connectivity index (χ1) is 8.71. The van der Waals surface area contributed by atoms with Gasteiger partial charge in [0.25, 0.3) is 0 Å². The molecule has 2 nitrogen and oxygen atoms in total. The van der Waals surface area contributed by atoms with Gasteiger partial charge in [-0.05, 0) is 69.2 Å². The van der Waals surface area contributed by atoms with Crippen molar-refractivity contribution in [3.63, 3.8) is 0 Å². The predicted molar refractivity (Wildman–Crippen MR) is 74.0 cm³/mol. The van der Waals surface area contributed by atoms with Crippen LogP contribution in [0.15, 0.2) is 12.1 Å². The van der Waals surface area contributed by atoms with Gasteiger partial charge in [-0.15, -0.1) is 0 Å². The highest BCUT2D eigenvalue weighted by atomic mass is 16.3. The normalized spacial score (nSPS) is 27.8. The summed E-state index contributed by atoms with van der Waals surface area (Å²) >= 11 is 0. The number of rotatable bonds is 1. The maximum Gasteiger partial charge on any atom is 0.120 e. The lowest BCUT2D eigenvalue weighted by atomic mass is 9.82. The molecule has 2 heteroatoms. The Morgan fingerprint density at radius 2 is 1.94 bits per heavy atom. The van der Waals surface area contributed by atoms with Crippen molar-refractivity contribution in [2.45, 2.75) is 57.4 Å². The topological polar surface area (TPSA) is 32.3 Å². The molecule has 0 saturated carbocycles. The van der Waals surface area contributed by atoms with Gasteiger partial charge < -0.3 is 10.4 Å². The average molecular weight is 245 g/mol. The Morgan fingerprint density at radius 1 is 1.11 bits per heavy atom. The van der Waals surface area contributed by atoms with Crippen LogP contribution in [0, 0.1) is 0 Å². The van der Waals surface area contributed by atoms with Crippen LogP contribution in [0.5, 0.6) is 5.75 Å². The molecule has 1 unspecified atom stereocenters. The van der Waals surface area contributed by atoms with E-state index in [1.54, 1.807) is 0 Å². The van der Waals surface area contributed by atoms with E-state index in [0.717, 1.165) is 19.4 Å². The highest BCUT2D eigenvalue weighted by Gasteiger charge is 2.35. The van der Waals surface area contributed by atoms with Gasteiger partial charge in [-0.1, -0.05) is 12.5 Å². The molecule has 2 aliphatic rings. The summed E-state index contributed by atoms with van der Waals surface area (Å²) in [6.07, 6.45) is 8.53. The number of benzene rings is 1. The van der Waals surface area contributed by atoms with Crippen LogP contribution < -0.4 is 5.32 Å². The molecule has 1 saturated heterocycles. The molecule has 0 bridgehead atoms. The van der Waals surface area contributed by atoms with E-state index in [9.17, 15) is 5.11 Å². The van der Waals surface area contributed by atoms with Gasteiger partial charge in [0.15, 0.2) is 0 Å². The number of aryl methyl sites for hydroxylation is 1. The highest BCUT2D eigenvalue weighted by molar-refractivity contribution is 5.49. The Bertz CT molecular complexity index is 447. The minimum atomic E-state index is -0.0141. The molecule has 98 valence electrons. The summed E-state index contributed by atoms with van der Waals surface area (Å²) in [5, 5.41) is 13.9. The smallest absolute Gasteiger partial charge is 0.120 e. The second-order valence-electron chi connectivity index (χ2n) is 6.02. The molecule has 0 spiro atoms. The number of hydrogen-bond acceptors (Lipinski definition) is 2. The van der Waals surface area contributed by atoms with Gasteiger partial charge in [0, 0.05) is 11.1 Å². The maximum atomic E-state index is 10.3. The molecule has 1 fully saturated rings. The van der Waals surface area contributed by atoms with Crippen LogP contribution >= 0.6 is 0 Å². The molecule has 0 radical (unpaired) electrons. The lowest BCUT2D eigenvalue weighted by molar-refractivity contribution is 0.390. The number of hydrogen-bond donors (Lipinski definition) is 2. The van der Waals surface area contributed by atoms with E-state index < -0.39 is 0 Å². The fourth-order valence-corrected chi connectivity index (χ4v) is 3.72. The van der Waals surface area contributed by atoms with Crippen molar-refractivity contribution in [2.24, 2.45) is 0 Å². The highest BCUT2D eigenvalue weighted by Crippen LogP contribution is 2.41. The van der Waals surface area contributed by atoms with Gasteiger partial charge in [0.05, 0.1) is 0 Å². The second kappa shape index (κ2) is 4.58. The molecule has 0 aromatic heterocycles. The van der Waals surface area contributed by atoms with Gasteiger partial charge >= 0.3 is 0 Å². The maximum absolute atomic E-state index is 10.3. The van der Waals surface area contributed by atoms with Gasteiger partial charge in [-0.25, -0.2) is 0 Å². The fourth-order valence-electron chi connectivity index (χ4n) is 3.72. The molecule has 18 heavy (non-hydrogen) atoms. The van der Waals surface area contributed by atoms with Crippen LogP contribution in [0.1, 0.15) is 55.7 Å². The van der Waals surface area contributed by atoms with E-state index >= 15 is 0 Å². The SMILES string of the molecule is CC1(c2c(O)ccc3c2CCCCC3)CCCN1. The molecule has 3 rings (SSSR count). The molecule has 1 aromatic rings. The Labute approximate surface area is 109 Å². The summed E-state index contributed by atoms with van der Waals surface area (Å²) < 4.78 is 0. The van der Waals surface area contributed by atoms with E-state index in [0.29, 0.717) is 5.75 Å². The Hall–Kier alpha value is -1.02. The summed E-state index contributed by atoms with van der Waals surface area (Å²) in [7, 11) is 0. The van der Waals surface area contributed by atoms with E-state index in [2.05, 4.69) is 18.3 Å². The van der Waals surface area contributed by atoms with Crippen molar-refractivity contribution in [1.82, 2.24) is 5.32 Å². The minimum absolute atomic E-state index is 0.0141. The zero-order chi connectivity index (χ0) is 12.6. The zero-order valence-corrected chi connectivity index (χ0v) is 11.3. The number of nitrogens with one attached hydrogen (secondary N) is 1. The molecular formula is C16H23NO. The molecule has 1 atom stereocenters. The van der Waals surface area contributed by atoms with Crippen LogP contribution in [-0.4, -0.2) is 11.7 Å². The van der Waals surface area contributed by atoms with Crippen molar-refractivity contribution >= 4 is 0 Å². The van der Waals surface area contributed by atoms with E-state index in [4.69, 9.17) is 0 Å². The van der Waals surface area contributed by atoms with Crippen LogP contribution in [0.2, 0.25) is 0 Å². The first-order valence-electron chi connectivity index (χ1n) is 7.30. The van der Waals surface area contributed by atoms with Crippen LogP contribution in [0.4, 0.5) is 0 Å². The number of fused-ring (bicyclic) bond motifs is 1. The number of phenolic OH excluding ortho intramolecular Hbond substituents is 1. The number of aromatic hydroxyl groups is 1. The largest absolute Gasteiger partial charge is 0.508 e. The summed E-state index contributed by atoms with van der Waals surface area (Å²) in [5.41, 5.74) is 4.08. The lowest BCUT2D eigenvalue weighted by Crippen LogP contribution is -2.34. The van der Waals surface area contributed by atoms with Crippen molar-refractivity contribution in [3.8, 4) is 5.75 Å². The van der Waals surface area contributed by atoms with Gasteiger partial charge in [0.1, 0.15) is 5.75 Å². The third-order valence-corrected chi connectivity index (χ3v) is 4.68. The Balaban J connectivity index is 2.12. The standard InChI is InChI=1S/C16H23NO/c1-16(10-5-11-17-16)15-13-7-4-2-3-6-12(13)8-9-14(15)18/h8-9,17-18H,2-7,10-11H2,1H3. The lowest BCUT2D eigenvalue weighted by Gasteiger charge is -2.29. The van der Waals surface area contributed by atoms with E-state index in [1.807, 2.05) is 6.07 Å². The van der Waals surface area contributed by atoms with Gasteiger partial charge in [0.2, 0.25) is 0 Å². The molecule has 2 N–H and O–H groups in total. The summed E-state index contributed by atoms with van der Waals surface area (Å²) in [6, 6.07) is 4.04. The third kappa shape index (κ3) is 1.93. The minimum Gasteiger partial charge on any atom is -0.508 e. The average Bonchev–Trinajstić information content (AvgIpc) is 2.65. The van der Waals surface area contributed by atoms with Crippen LogP contribution in [0.25, 0.3) is 0 Å². The van der Waals surface area contributed by atoms with Crippen LogP contribution in [0.3, 0.4) is 0 Å². The van der Waals surface area contributed by atoms with Crippen molar-refractivity contribution in [1.29, 1.82) is 0 Å². The molecule has 1 aliphatic heterocycles. The van der Waals surface area contributed by atoms with Crippen molar-refractivity contribution < 1.29 is 5.11 Å². The van der Waals surface area contributed by atoms with Gasteiger partial charge in [-0.3, -0.25) is 0 Å². The molecule has 1 aromatic carbocycles. The third-order valence-electron chi connectivity index (χ3n) is 4.68. The second-order valence-corrected chi connectivity index (χ2v) is 6.02. The monoisotopic (exact) mass is 245 g/mol. The zero-order valence-electron chi connectivity index (χ0n) is 11.3. The van der Waals surface area contributed by atoms with Crippen molar-refractivity contribution in [3.05, 3.63) is 28.8 Å². The Morgan fingerprint density at radius 3 is 2.72 bits per heavy atom. The van der Waals surface area contributed by atoms with Crippen molar-refractivity contribution in [2.75, 3.05) is 6.54 Å². The quantitative estimate of drug-likeness (QED) is 0.744. The van der Waals surface area contributed by atoms with E-state index in [-0.39, 0.29) is 5.54 Å². The summed E-state index contributed by atoms with van der Waals surface area (Å²) in [5.74, 6) is 0.493. The first-order valence-corrected chi connectivity index (χ1v) is 7.30.